The van der Waals surface area contributed by atoms with Crippen LogP contribution in [0.25, 0.3) is 10.8 Å². The van der Waals surface area contributed by atoms with Crippen LogP contribution in [-0.4, -0.2) is 27.6 Å². The van der Waals surface area contributed by atoms with E-state index in [4.69, 9.17) is 4.74 Å². The number of anilines is 1. The second-order valence-electron chi connectivity index (χ2n) is 6.72. The summed E-state index contributed by atoms with van der Waals surface area (Å²) < 4.78 is 6.88. The normalized spacial score (nSPS) is 10.7. The van der Waals surface area contributed by atoms with Crippen molar-refractivity contribution in [3.63, 3.8) is 0 Å². The first-order valence-electron chi connectivity index (χ1n) is 9.59. The standard InChI is InChI=1S/C23H20N4O3S/c1-30-21-13-27(17(12-20(21)28)15-31-23-24-10-5-11-25-23)14-22(29)26-19-9-4-7-16-6-2-3-8-18(16)19/h2-13H,14-15H2,1H3,(H,26,29). The van der Waals surface area contributed by atoms with Gasteiger partial charge >= 0.3 is 0 Å². The Hall–Kier alpha value is -3.65. The van der Waals surface area contributed by atoms with Gasteiger partial charge in [0.05, 0.1) is 13.3 Å². The molecule has 0 spiro atoms. The van der Waals surface area contributed by atoms with Crippen molar-refractivity contribution in [2.24, 2.45) is 0 Å². The van der Waals surface area contributed by atoms with Crippen LogP contribution in [-0.2, 0) is 17.1 Å². The van der Waals surface area contributed by atoms with Crippen LogP contribution >= 0.6 is 11.8 Å². The highest BCUT2D eigenvalue weighted by molar-refractivity contribution is 7.98. The molecular formula is C23H20N4O3S. The quantitative estimate of drug-likeness (QED) is 0.354. The third kappa shape index (κ3) is 4.92. The molecule has 4 rings (SSSR count). The summed E-state index contributed by atoms with van der Waals surface area (Å²) in [6, 6.07) is 16.9. The second kappa shape index (κ2) is 9.44. The molecule has 0 bridgehead atoms. The van der Waals surface area contributed by atoms with Crippen molar-refractivity contribution in [1.29, 1.82) is 0 Å². The lowest BCUT2D eigenvalue weighted by atomic mass is 10.1. The first-order valence-corrected chi connectivity index (χ1v) is 10.6. The van der Waals surface area contributed by atoms with Gasteiger partial charge in [0, 0.05) is 41.0 Å². The van der Waals surface area contributed by atoms with E-state index in [0.29, 0.717) is 16.6 Å². The molecule has 0 saturated heterocycles. The smallest absolute Gasteiger partial charge is 0.244 e. The Kier molecular flexibility index (Phi) is 6.28. The molecule has 0 atom stereocenters. The van der Waals surface area contributed by atoms with Gasteiger partial charge < -0.3 is 14.6 Å². The molecule has 1 amide bonds. The lowest BCUT2D eigenvalue weighted by Gasteiger charge is -2.15. The zero-order valence-electron chi connectivity index (χ0n) is 16.8. The molecule has 2 aromatic heterocycles. The maximum Gasteiger partial charge on any atom is 0.244 e. The van der Waals surface area contributed by atoms with E-state index in [1.54, 1.807) is 29.2 Å². The third-order valence-electron chi connectivity index (χ3n) is 4.67. The number of ether oxygens (including phenoxy) is 1. The Morgan fingerprint density at radius 3 is 2.68 bits per heavy atom. The zero-order chi connectivity index (χ0) is 21.6. The minimum Gasteiger partial charge on any atom is -0.491 e. The lowest BCUT2D eigenvalue weighted by Crippen LogP contribution is -2.23. The molecule has 4 aromatic rings. The van der Waals surface area contributed by atoms with Crippen molar-refractivity contribution < 1.29 is 9.53 Å². The number of carbonyl (C=O) groups excluding carboxylic acids is 1. The van der Waals surface area contributed by atoms with Gasteiger partial charge in [-0.3, -0.25) is 9.59 Å². The van der Waals surface area contributed by atoms with Gasteiger partial charge in [-0.05, 0) is 17.5 Å². The van der Waals surface area contributed by atoms with Crippen LogP contribution in [0.2, 0.25) is 0 Å². The summed E-state index contributed by atoms with van der Waals surface area (Å²) in [6.07, 6.45) is 4.88. The Bertz CT molecular complexity index is 1270. The first-order chi connectivity index (χ1) is 15.1. The van der Waals surface area contributed by atoms with Gasteiger partial charge in [-0.15, -0.1) is 0 Å². The minimum atomic E-state index is -0.238. The highest BCUT2D eigenvalue weighted by atomic mass is 32.2. The van der Waals surface area contributed by atoms with Crippen molar-refractivity contribution in [2.45, 2.75) is 17.5 Å². The molecule has 8 heteroatoms. The van der Waals surface area contributed by atoms with E-state index < -0.39 is 0 Å². The maximum absolute atomic E-state index is 12.9. The van der Waals surface area contributed by atoms with Crippen LogP contribution in [0.3, 0.4) is 0 Å². The van der Waals surface area contributed by atoms with E-state index in [1.165, 1.54) is 24.9 Å². The Morgan fingerprint density at radius 1 is 1.10 bits per heavy atom. The van der Waals surface area contributed by atoms with Crippen molar-refractivity contribution in [2.75, 3.05) is 12.4 Å². The number of hydrogen-bond donors (Lipinski definition) is 1. The van der Waals surface area contributed by atoms with Gasteiger partial charge in [0.1, 0.15) is 6.54 Å². The summed E-state index contributed by atoms with van der Waals surface area (Å²) in [5.74, 6) is 0.414. The highest BCUT2D eigenvalue weighted by Crippen LogP contribution is 2.23. The van der Waals surface area contributed by atoms with Gasteiger partial charge in [-0.1, -0.05) is 48.2 Å². The average Bonchev–Trinajstić information content (AvgIpc) is 2.80. The second-order valence-corrected chi connectivity index (χ2v) is 7.66. The van der Waals surface area contributed by atoms with Gasteiger partial charge in [-0.2, -0.15) is 0 Å². The molecule has 0 aliphatic carbocycles. The van der Waals surface area contributed by atoms with E-state index in [-0.39, 0.29) is 23.6 Å². The van der Waals surface area contributed by atoms with Crippen LogP contribution in [0.4, 0.5) is 5.69 Å². The molecule has 0 aliphatic heterocycles. The third-order valence-corrected chi connectivity index (χ3v) is 5.58. The zero-order valence-corrected chi connectivity index (χ0v) is 17.6. The van der Waals surface area contributed by atoms with Crippen LogP contribution < -0.4 is 15.5 Å². The van der Waals surface area contributed by atoms with Crippen LogP contribution in [0, 0.1) is 0 Å². The fraction of sp³-hybridized carbons (Fsp3) is 0.130. The summed E-state index contributed by atoms with van der Waals surface area (Å²) in [4.78, 5) is 33.5. The van der Waals surface area contributed by atoms with E-state index in [2.05, 4.69) is 15.3 Å². The largest absolute Gasteiger partial charge is 0.491 e. The van der Waals surface area contributed by atoms with E-state index >= 15 is 0 Å². The summed E-state index contributed by atoms with van der Waals surface area (Å²) >= 11 is 1.39. The number of pyridine rings is 1. The average molecular weight is 433 g/mol. The summed E-state index contributed by atoms with van der Waals surface area (Å²) in [5, 5.41) is 5.58. The number of benzene rings is 2. The van der Waals surface area contributed by atoms with E-state index in [0.717, 1.165) is 16.5 Å². The lowest BCUT2D eigenvalue weighted by molar-refractivity contribution is -0.116. The molecule has 0 radical (unpaired) electrons. The van der Waals surface area contributed by atoms with E-state index in [9.17, 15) is 9.59 Å². The maximum atomic E-state index is 12.9. The molecule has 0 aliphatic rings. The number of rotatable bonds is 7. The summed E-state index contributed by atoms with van der Waals surface area (Å²) in [7, 11) is 1.43. The van der Waals surface area contributed by atoms with Gasteiger partial charge in [-0.25, -0.2) is 9.97 Å². The molecule has 2 aromatic carbocycles. The molecule has 1 N–H and O–H groups in total. The Balaban J connectivity index is 1.57. The van der Waals surface area contributed by atoms with Crippen molar-refractivity contribution in [1.82, 2.24) is 14.5 Å². The predicted molar refractivity (Wildman–Crippen MR) is 121 cm³/mol. The molecule has 156 valence electrons. The summed E-state index contributed by atoms with van der Waals surface area (Å²) in [6.45, 7) is 0.0331. The number of thioether (sulfide) groups is 1. The molecule has 31 heavy (non-hydrogen) atoms. The predicted octanol–water partition coefficient (Wildman–Crippen LogP) is 3.73. The molecule has 0 unspecified atom stereocenters. The van der Waals surface area contributed by atoms with Gasteiger partial charge in [0.15, 0.2) is 10.9 Å². The number of nitrogens with zero attached hydrogens (tertiary/aromatic N) is 3. The summed E-state index contributed by atoms with van der Waals surface area (Å²) in [5.41, 5.74) is 1.18. The number of amides is 1. The Labute approximate surface area is 183 Å². The SMILES string of the molecule is COc1cn(CC(=O)Nc2cccc3ccccc23)c(CSc2ncccn2)cc1=O. The van der Waals surface area contributed by atoms with Crippen molar-refractivity contribution >= 4 is 34.1 Å². The van der Waals surface area contributed by atoms with Crippen molar-refractivity contribution in [3.05, 3.63) is 89.1 Å². The molecule has 2 heterocycles. The fourth-order valence-corrected chi connectivity index (χ4v) is 3.99. The van der Waals surface area contributed by atoms with Crippen molar-refractivity contribution in [3.8, 4) is 5.75 Å². The minimum absolute atomic E-state index is 0.0331. The number of fused-ring (bicyclic) bond motifs is 1. The van der Waals surface area contributed by atoms with Crippen LogP contribution in [0.5, 0.6) is 5.75 Å². The molecular weight excluding hydrogens is 412 g/mol. The fourth-order valence-electron chi connectivity index (χ4n) is 3.20. The molecule has 7 nitrogen and oxygen atoms in total. The first kappa shape index (κ1) is 20.6. The Morgan fingerprint density at radius 2 is 1.87 bits per heavy atom. The number of methoxy groups -OCH3 is 1. The monoisotopic (exact) mass is 432 g/mol. The topological polar surface area (TPSA) is 86.1 Å². The van der Waals surface area contributed by atoms with Gasteiger partial charge in [0.2, 0.25) is 11.3 Å². The molecule has 0 fully saturated rings. The molecule has 0 saturated carbocycles. The van der Waals surface area contributed by atoms with Crippen LogP contribution in [0.15, 0.2) is 83.1 Å². The van der Waals surface area contributed by atoms with Gasteiger partial charge in [0.25, 0.3) is 0 Å². The van der Waals surface area contributed by atoms with Crippen LogP contribution in [0.1, 0.15) is 5.69 Å². The number of aromatic nitrogens is 3. The van der Waals surface area contributed by atoms with E-state index in [1.807, 2.05) is 42.5 Å². The number of carbonyl (C=O) groups is 1. The number of hydrogen-bond acceptors (Lipinski definition) is 6. The highest BCUT2D eigenvalue weighted by Gasteiger charge is 2.13. The number of nitrogens with one attached hydrogen (secondary N) is 1.